The molecule has 6 N–H and O–H groups in total. The predicted molar refractivity (Wildman–Crippen MR) is 218 cm³/mol. The average molecular weight is 858 g/mol. The molecule has 8 rings (SSSR count). The second-order valence-electron chi connectivity index (χ2n) is 15.5. The topological polar surface area (TPSA) is 218 Å². The molecule has 0 spiro atoms. The van der Waals surface area contributed by atoms with Gasteiger partial charge in [-0.2, -0.15) is 0 Å². The molecule has 2 aliphatic carbocycles. The summed E-state index contributed by atoms with van der Waals surface area (Å²) in [6.45, 7) is 5.98. The molecule has 1 amide bonds. The number of aliphatic hydroxyl groups excluding tert-OH is 3. The van der Waals surface area contributed by atoms with Crippen molar-refractivity contribution in [3.05, 3.63) is 93.8 Å². The number of esters is 2. The van der Waals surface area contributed by atoms with E-state index in [2.05, 4.69) is 35.6 Å². The van der Waals surface area contributed by atoms with Gasteiger partial charge in [0.15, 0.2) is 35.6 Å². The van der Waals surface area contributed by atoms with Crippen molar-refractivity contribution >= 4 is 35.1 Å². The van der Waals surface area contributed by atoms with E-state index in [4.69, 9.17) is 50.5 Å². The highest BCUT2D eigenvalue weighted by atomic mass is 35.5. The fraction of sp³-hybridized carbons (Fsp3) is 0.386. The lowest BCUT2D eigenvalue weighted by molar-refractivity contribution is -0.329. The molecule has 320 valence electrons. The molecule has 1 saturated heterocycles. The van der Waals surface area contributed by atoms with Crippen molar-refractivity contribution in [3.8, 4) is 40.9 Å². The number of ether oxygens (including phenoxy) is 7. The number of benzene rings is 2. The maximum atomic E-state index is 14.1. The Bertz CT molecular complexity index is 2400. The maximum Gasteiger partial charge on any atom is 0.341 e. The van der Waals surface area contributed by atoms with Crippen molar-refractivity contribution in [2.24, 2.45) is 5.73 Å². The third kappa shape index (κ3) is 8.37. The van der Waals surface area contributed by atoms with Gasteiger partial charge in [-0.3, -0.25) is 9.59 Å². The van der Waals surface area contributed by atoms with Crippen molar-refractivity contribution in [1.82, 2.24) is 4.90 Å². The third-order valence-corrected chi connectivity index (χ3v) is 11.0. The SMILES string of the molecule is C=C1Oc2cc(OC)cc(C(=O)OC3COC(=O)C[C@H](N)c4cc(Cl)c(c(CO)c4)O[C@@H]4C#C/C=C/3C#CC3=CC=CC34O[C@@H]3OC(C)(C)[C@@H](N(C)C)[C@@H](O)[C@H]3O)c2NC1=O. The zero-order valence-corrected chi connectivity index (χ0v) is 34.6. The number of carbonyl (C=O) groups excluding carboxylic acids is 3. The Morgan fingerprint density at radius 3 is 2.64 bits per heavy atom. The van der Waals surface area contributed by atoms with Gasteiger partial charge in [0.2, 0.25) is 0 Å². The second-order valence-corrected chi connectivity index (χ2v) is 15.9. The monoisotopic (exact) mass is 857 g/mol. The molecule has 6 aliphatic rings. The van der Waals surface area contributed by atoms with Crippen LogP contribution in [-0.2, 0) is 35.1 Å². The van der Waals surface area contributed by atoms with Gasteiger partial charge in [0.1, 0.15) is 30.3 Å². The first kappa shape index (κ1) is 43.4. The standard InChI is InChI=1S/C44H44ClN3O13/c1-22-40(53)47-35-28(17-27(55-6)18-31(35)57-22)41(54)58-32-21-56-34(50)19-30(46)24-15-25(20-49)38(29(45)16-24)59-33-11-7-9-23(32)12-13-26-10-8-14-44(26,33)61-42-37(52)36(51)39(48(4)5)43(2,3)60-42/h8-10,14-18,30,32-33,36-37,39,42,49,51-52H,1,19-21,46H2,2-6H3,(H,47,53)/b23-9+/t30-,32?,33+,36-,37+,39-,42-,44?/m0/s1. The molecular formula is C44H44ClN3O13. The summed E-state index contributed by atoms with van der Waals surface area (Å²) in [5.41, 5.74) is 4.34. The molecule has 0 aromatic heterocycles. The van der Waals surface area contributed by atoms with Gasteiger partial charge in [-0.25, -0.2) is 4.79 Å². The Morgan fingerprint density at radius 1 is 1.15 bits per heavy atom. The minimum Gasteiger partial charge on any atom is -0.497 e. The summed E-state index contributed by atoms with van der Waals surface area (Å²) in [6.07, 6.45) is -1.25. The summed E-state index contributed by atoms with van der Waals surface area (Å²) in [6, 6.07) is 4.21. The molecule has 1 fully saturated rings. The van der Waals surface area contributed by atoms with Crippen LogP contribution in [0.5, 0.6) is 17.2 Å². The highest BCUT2D eigenvalue weighted by Crippen LogP contribution is 2.43. The average Bonchev–Trinajstić information content (AvgIpc) is 3.63. The lowest BCUT2D eigenvalue weighted by Crippen LogP contribution is -2.68. The van der Waals surface area contributed by atoms with Crippen LogP contribution >= 0.6 is 11.6 Å². The number of likely N-dealkylation sites (N-methyl/N-ethyl adjacent to an activating group) is 1. The van der Waals surface area contributed by atoms with Gasteiger partial charge < -0.3 is 64.4 Å². The molecule has 2 unspecified atom stereocenters. The highest BCUT2D eigenvalue weighted by Gasteiger charge is 2.55. The van der Waals surface area contributed by atoms with Crippen LogP contribution in [0.25, 0.3) is 0 Å². The Labute approximate surface area is 356 Å². The maximum absolute atomic E-state index is 14.1. The molecular weight excluding hydrogens is 814 g/mol. The second kappa shape index (κ2) is 17.0. The van der Waals surface area contributed by atoms with E-state index in [9.17, 15) is 29.7 Å². The molecule has 4 bridgehead atoms. The van der Waals surface area contributed by atoms with E-state index >= 15 is 0 Å². The van der Waals surface area contributed by atoms with E-state index in [1.807, 2.05) is 0 Å². The normalized spacial score (nSPS) is 29.6. The number of halogens is 1. The van der Waals surface area contributed by atoms with Gasteiger partial charge >= 0.3 is 11.9 Å². The number of fused-ring (bicyclic) bond motifs is 9. The number of aliphatic hydroxyl groups is 3. The lowest BCUT2D eigenvalue weighted by Gasteiger charge is -2.51. The summed E-state index contributed by atoms with van der Waals surface area (Å²) < 4.78 is 42.3. The predicted octanol–water partition coefficient (Wildman–Crippen LogP) is 2.59. The van der Waals surface area contributed by atoms with E-state index in [0.717, 1.165) is 0 Å². The van der Waals surface area contributed by atoms with Gasteiger partial charge in [0.25, 0.3) is 5.91 Å². The molecule has 8 atom stereocenters. The van der Waals surface area contributed by atoms with E-state index in [1.165, 1.54) is 37.5 Å². The first-order valence-electron chi connectivity index (χ1n) is 19.1. The van der Waals surface area contributed by atoms with Gasteiger partial charge in [0, 0.05) is 29.3 Å². The molecule has 16 nitrogen and oxygen atoms in total. The molecule has 17 heteroatoms. The molecule has 0 saturated carbocycles. The Balaban J connectivity index is 1.35. The van der Waals surface area contributed by atoms with Gasteiger partial charge in [-0.05, 0) is 69.8 Å². The Hall–Kier alpha value is -5.66. The zero-order chi connectivity index (χ0) is 44.0. The summed E-state index contributed by atoms with van der Waals surface area (Å²) in [7, 11) is 4.89. The van der Waals surface area contributed by atoms with E-state index < -0.39 is 85.1 Å². The zero-order valence-electron chi connectivity index (χ0n) is 33.8. The van der Waals surface area contributed by atoms with Crippen molar-refractivity contribution in [1.29, 1.82) is 0 Å². The number of hydrogen-bond acceptors (Lipinski definition) is 15. The number of nitrogens with zero attached hydrogens (tertiary/aromatic N) is 1. The number of nitrogens with one attached hydrogen (secondary N) is 1. The molecule has 4 aliphatic heterocycles. The number of hydrogen-bond donors (Lipinski definition) is 5. The van der Waals surface area contributed by atoms with E-state index in [-0.39, 0.29) is 62.4 Å². The van der Waals surface area contributed by atoms with Gasteiger partial charge in [-0.15, -0.1) is 0 Å². The smallest absolute Gasteiger partial charge is 0.341 e. The van der Waals surface area contributed by atoms with Crippen molar-refractivity contribution in [3.63, 3.8) is 0 Å². The molecule has 61 heavy (non-hydrogen) atoms. The van der Waals surface area contributed by atoms with Gasteiger partial charge in [-0.1, -0.05) is 42.0 Å². The van der Waals surface area contributed by atoms with Crippen molar-refractivity contribution in [2.75, 3.05) is 33.1 Å². The van der Waals surface area contributed by atoms with Crippen LogP contribution in [-0.4, -0.2) is 114 Å². The summed E-state index contributed by atoms with van der Waals surface area (Å²) in [4.78, 5) is 41.7. The quantitative estimate of drug-likeness (QED) is 0.154. The number of carbonyl (C=O) groups is 3. The molecule has 0 radical (unpaired) electrons. The largest absolute Gasteiger partial charge is 0.497 e. The first-order chi connectivity index (χ1) is 29.0. The van der Waals surface area contributed by atoms with Crippen molar-refractivity contribution in [2.45, 2.75) is 80.9 Å². The van der Waals surface area contributed by atoms with E-state index in [0.29, 0.717) is 5.56 Å². The molecule has 2 aromatic carbocycles. The fourth-order valence-corrected chi connectivity index (χ4v) is 8.11. The van der Waals surface area contributed by atoms with Crippen LogP contribution in [0, 0.1) is 23.7 Å². The number of nitrogens with two attached hydrogens (primary N) is 1. The number of methoxy groups -OCH3 is 1. The van der Waals surface area contributed by atoms with Crippen LogP contribution in [0.15, 0.2) is 72.1 Å². The Kier molecular flexibility index (Phi) is 12.1. The highest BCUT2D eigenvalue weighted by molar-refractivity contribution is 6.32. The van der Waals surface area contributed by atoms with Crippen LogP contribution in [0.4, 0.5) is 5.69 Å². The van der Waals surface area contributed by atoms with Crippen molar-refractivity contribution < 1.29 is 62.9 Å². The fourth-order valence-electron chi connectivity index (χ4n) is 7.82. The lowest BCUT2D eigenvalue weighted by atomic mass is 9.85. The Morgan fingerprint density at radius 2 is 1.92 bits per heavy atom. The van der Waals surface area contributed by atoms with E-state index in [1.54, 1.807) is 51.1 Å². The number of amides is 1. The minimum atomic E-state index is -1.77. The summed E-state index contributed by atoms with van der Waals surface area (Å²) in [5, 5.41) is 36.1. The molecule has 2 aromatic rings. The van der Waals surface area contributed by atoms with Crippen LogP contribution in [0.3, 0.4) is 0 Å². The third-order valence-electron chi connectivity index (χ3n) is 10.8. The summed E-state index contributed by atoms with van der Waals surface area (Å²) >= 11 is 6.83. The van der Waals surface area contributed by atoms with Crippen LogP contribution in [0.2, 0.25) is 5.02 Å². The summed E-state index contributed by atoms with van der Waals surface area (Å²) in [5.74, 6) is 9.68. The number of allylic oxidation sites excluding steroid dienone is 3. The molecule has 4 heterocycles. The number of anilines is 1. The minimum absolute atomic E-state index is 0.0123. The van der Waals surface area contributed by atoms with Crippen LogP contribution < -0.4 is 25.3 Å². The number of rotatable bonds is 7. The van der Waals surface area contributed by atoms with Gasteiger partial charge in [0.05, 0.1) is 53.6 Å². The van der Waals surface area contributed by atoms with Crippen LogP contribution in [0.1, 0.15) is 47.8 Å². The first-order valence-corrected chi connectivity index (χ1v) is 19.5.